The maximum atomic E-state index is 12.7. The smallest absolute Gasteiger partial charge is 0.307 e. The van der Waals surface area contributed by atoms with Crippen LogP contribution in [0, 0.1) is 6.92 Å². The first-order chi connectivity index (χ1) is 10.7. The summed E-state index contributed by atoms with van der Waals surface area (Å²) in [4.78, 5) is 23.7. The number of benzene rings is 2. The average molecular weight is 373 g/mol. The highest BCUT2D eigenvalue weighted by molar-refractivity contribution is 6.45. The predicted molar refractivity (Wildman–Crippen MR) is 91.8 cm³/mol. The van der Waals surface area contributed by atoms with Gasteiger partial charge in [-0.05, 0) is 36.2 Å². The lowest BCUT2D eigenvalue weighted by Gasteiger charge is -2.13. The molecule has 0 fully saturated rings. The third kappa shape index (κ3) is 3.61. The van der Waals surface area contributed by atoms with Crippen LogP contribution in [-0.2, 0) is 11.2 Å². The monoisotopic (exact) mass is 371 g/mol. The molecule has 0 spiro atoms. The van der Waals surface area contributed by atoms with E-state index in [1.54, 1.807) is 13.0 Å². The van der Waals surface area contributed by atoms with E-state index in [9.17, 15) is 9.59 Å². The van der Waals surface area contributed by atoms with Crippen molar-refractivity contribution in [2.24, 2.45) is 0 Å². The molecule has 0 aliphatic rings. The van der Waals surface area contributed by atoms with Crippen molar-refractivity contribution in [1.29, 1.82) is 0 Å². The molecular formula is C16H12Cl3NO3. The molecule has 0 aromatic heterocycles. The van der Waals surface area contributed by atoms with Crippen LogP contribution in [0.1, 0.15) is 27.0 Å². The largest absolute Gasteiger partial charge is 0.481 e. The topological polar surface area (TPSA) is 80.4 Å². The second kappa shape index (κ2) is 6.79. The van der Waals surface area contributed by atoms with Gasteiger partial charge in [0.2, 0.25) is 0 Å². The number of halogens is 3. The van der Waals surface area contributed by atoms with Crippen molar-refractivity contribution >= 4 is 52.2 Å². The van der Waals surface area contributed by atoms with Crippen LogP contribution in [0.15, 0.2) is 24.3 Å². The minimum atomic E-state index is -1.03. The van der Waals surface area contributed by atoms with Gasteiger partial charge < -0.3 is 10.8 Å². The minimum Gasteiger partial charge on any atom is -0.481 e. The van der Waals surface area contributed by atoms with Crippen molar-refractivity contribution in [3.05, 3.63) is 61.6 Å². The van der Waals surface area contributed by atoms with Crippen molar-refractivity contribution < 1.29 is 14.7 Å². The zero-order valence-electron chi connectivity index (χ0n) is 12.0. The zero-order valence-corrected chi connectivity index (χ0v) is 14.3. The molecule has 4 nitrogen and oxygen atoms in total. The van der Waals surface area contributed by atoms with Gasteiger partial charge in [0.1, 0.15) is 0 Å². The molecule has 2 rings (SSSR count). The molecule has 0 bridgehead atoms. The van der Waals surface area contributed by atoms with Crippen molar-refractivity contribution in [1.82, 2.24) is 0 Å². The van der Waals surface area contributed by atoms with Crippen LogP contribution in [-0.4, -0.2) is 16.9 Å². The number of hydrogen-bond acceptors (Lipinski definition) is 3. The number of aliphatic carboxylic acids is 1. The fourth-order valence-electron chi connectivity index (χ4n) is 2.22. The molecule has 0 unspecified atom stereocenters. The summed E-state index contributed by atoms with van der Waals surface area (Å²) < 4.78 is 0. The number of carbonyl (C=O) groups excluding carboxylic acids is 1. The molecule has 7 heteroatoms. The molecule has 2 aromatic carbocycles. The number of rotatable bonds is 4. The van der Waals surface area contributed by atoms with Crippen LogP contribution >= 0.6 is 34.8 Å². The van der Waals surface area contributed by atoms with Crippen LogP contribution in [0.3, 0.4) is 0 Å². The lowest BCUT2D eigenvalue weighted by atomic mass is 9.94. The lowest BCUT2D eigenvalue weighted by molar-refractivity contribution is -0.136. The summed E-state index contributed by atoms with van der Waals surface area (Å²) in [6.45, 7) is 1.73. The Morgan fingerprint density at radius 2 is 1.78 bits per heavy atom. The Hall–Kier alpha value is -1.75. The Morgan fingerprint density at radius 1 is 1.13 bits per heavy atom. The molecule has 2 aromatic rings. The first-order valence-corrected chi connectivity index (χ1v) is 7.64. The van der Waals surface area contributed by atoms with E-state index in [1.807, 2.05) is 0 Å². The van der Waals surface area contributed by atoms with Crippen molar-refractivity contribution in [2.45, 2.75) is 13.3 Å². The highest BCUT2D eigenvalue weighted by Gasteiger charge is 2.21. The van der Waals surface area contributed by atoms with Gasteiger partial charge in [0.05, 0.1) is 16.5 Å². The fraction of sp³-hybridized carbons (Fsp3) is 0.125. The Morgan fingerprint density at radius 3 is 2.39 bits per heavy atom. The molecule has 0 aliphatic carbocycles. The number of nitrogens with two attached hydrogens (primary N) is 1. The van der Waals surface area contributed by atoms with Crippen LogP contribution in [0.2, 0.25) is 15.1 Å². The number of carbonyl (C=O) groups is 2. The predicted octanol–water partition coefficient (Wildman–Crippen LogP) is 4.40. The van der Waals surface area contributed by atoms with Gasteiger partial charge >= 0.3 is 5.97 Å². The molecule has 120 valence electrons. The number of carboxylic acid groups (broad SMARTS) is 1. The molecular weight excluding hydrogens is 361 g/mol. The summed E-state index contributed by atoms with van der Waals surface area (Å²) in [6.07, 6.45) is -0.275. The van der Waals surface area contributed by atoms with Gasteiger partial charge in [-0.2, -0.15) is 0 Å². The van der Waals surface area contributed by atoms with E-state index in [2.05, 4.69) is 0 Å². The second-order valence-corrected chi connectivity index (χ2v) is 6.19. The van der Waals surface area contributed by atoms with Crippen molar-refractivity contribution in [3.63, 3.8) is 0 Å². The molecule has 0 saturated carbocycles. The molecule has 0 radical (unpaired) electrons. The highest BCUT2D eigenvalue weighted by atomic mass is 35.5. The molecule has 23 heavy (non-hydrogen) atoms. The van der Waals surface area contributed by atoms with Crippen LogP contribution in [0.5, 0.6) is 0 Å². The van der Waals surface area contributed by atoms with Gasteiger partial charge in [-0.3, -0.25) is 9.59 Å². The average Bonchev–Trinajstić information content (AvgIpc) is 2.46. The van der Waals surface area contributed by atoms with E-state index in [0.717, 1.165) is 0 Å². The van der Waals surface area contributed by atoms with E-state index in [0.29, 0.717) is 11.1 Å². The first kappa shape index (κ1) is 17.6. The number of aryl methyl sites for hydroxylation is 1. The van der Waals surface area contributed by atoms with Crippen LogP contribution in [0.4, 0.5) is 5.69 Å². The number of carboxylic acids is 1. The Balaban J connectivity index is 2.59. The summed E-state index contributed by atoms with van der Waals surface area (Å²) in [5.41, 5.74) is 7.48. The number of nitrogen functional groups attached to an aromatic ring is 1. The summed E-state index contributed by atoms with van der Waals surface area (Å²) in [6, 6.07) is 6.00. The molecule has 0 aliphatic heterocycles. The van der Waals surface area contributed by atoms with Crippen molar-refractivity contribution in [2.75, 3.05) is 5.73 Å². The van der Waals surface area contributed by atoms with Gasteiger partial charge in [-0.1, -0.05) is 40.9 Å². The van der Waals surface area contributed by atoms with Gasteiger partial charge in [0, 0.05) is 21.8 Å². The minimum absolute atomic E-state index is 0.0702. The van der Waals surface area contributed by atoms with Crippen LogP contribution < -0.4 is 5.73 Å². The Labute approximate surface area is 147 Å². The maximum Gasteiger partial charge on any atom is 0.307 e. The third-order valence-electron chi connectivity index (χ3n) is 3.40. The molecule has 0 heterocycles. The normalized spacial score (nSPS) is 10.6. The zero-order chi connectivity index (χ0) is 17.3. The van der Waals surface area contributed by atoms with Crippen molar-refractivity contribution in [3.8, 4) is 0 Å². The lowest BCUT2D eigenvalue weighted by Crippen LogP contribution is -2.12. The number of ketones is 1. The molecule has 0 atom stereocenters. The molecule has 3 N–H and O–H groups in total. The highest BCUT2D eigenvalue weighted by Crippen LogP contribution is 2.33. The summed E-state index contributed by atoms with van der Waals surface area (Å²) in [7, 11) is 0. The van der Waals surface area contributed by atoms with Crippen LogP contribution in [0.25, 0.3) is 0 Å². The maximum absolute atomic E-state index is 12.7. The standard InChI is InChI=1S/C16H12Cl3NO3/c1-7-2-3-9(15(20)10(7)6-13(21)22)16(23)11-4-8(17)5-12(18)14(11)19/h2-5H,6,20H2,1H3,(H,21,22). The molecule has 0 saturated heterocycles. The van der Waals surface area contributed by atoms with E-state index in [-0.39, 0.29) is 38.3 Å². The summed E-state index contributed by atoms with van der Waals surface area (Å²) >= 11 is 17.9. The fourth-order valence-corrected chi connectivity index (χ4v) is 2.91. The summed E-state index contributed by atoms with van der Waals surface area (Å²) in [5, 5.41) is 9.47. The number of hydrogen-bond donors (Lipinski definition) is 2. The van der Waals surface area contributed by atoms with E-state index in [4.69, 9.17) is 45.6 Å². The quantitative estimate of drug-likeness (QED) is 0.474. The Bertz CT molecular complexity index is 819. The van der Waals surface area contributed by atoms with Gasteiger partial charge in [0.25, 0.3) is 0 Å². The van der Waals surface area contributed by atoms with Gasteiger partial charge in [-0.25, -0.2) is 0 Å². The Kier molecular flexibility index (Phi) is 5.19. The SMILES string of the molecule is Cc1ccc(C(=O)c2cc(Cl)cc(Cl)c2Cl)c(N)c1CC(=O)O. The van der Waals surface area contributed by atoms with E-state index in [1.165, 1.54) is 18.2 Å². The third-order valence-corrected chi connectivity index (χ3v) is 4.42. The number of anilines is 1. The second-order valence-electron chi connectivity index (χ2n) is 4.97. The van der Waals surface area contributed by atoms with E-state index >= 15 is 0 Å². The first-order valence-electron chi connectivity index (χ1n) is 6.51. The summed E-state index contributed by atoms with van der Waals surface area (Å²) in [5.74, 6) is -1.50. The van der Waals surface area contributed by atoms with Gasteiger partial charge in [0.15, 0.2) is 5.78 Å². The van der Waals surface area contributed by atoms with Gasteiger partial charge in [-0.15, -0.1) is 0 Å². The molecule has 0 amide bonds. The van der Waals surface area contributed by atoms with E-state index < -0.39 is 11.8 Å².